The summed E-state index contributed by atoms with van der Waals surface area (Å²) in [5, 5.41) is 0. The predicted octanol–water partition coefficient (Wildman–Crippen LogP) is 1.61. The van der Waals surface area contributed by atoms with Gasteiger partial charge in [0.1, 0.15) is 0 Å². The highest BCUT2D eigenvalue weighted by Gasteiger charge is 2.41. The first-order valence-corrected chi connectivity index (χ1v) is 6.32. The molecule has 2 atom stereocenters. The van der Waals surface area contributed by atoms with Gasteiger partial charge in [-0.15, -0.1) is 0 Å². The summed E-state index contributed by atoms with van der Waals surface area (Å²) in [7, 11) is 2.15. The number of carbonyl (C=O) groups is 1. The molecule has 0 radical (unpaired) electrons. The highest BCUT2D eigenvalue weighted by molar-refractivity contribution is 5.94. The zero-order chi connectivity index (χ0) is 11.8. The largest absolute Gasteiger partial charge is 0.330 e. The van der Waals surface area contributed by atoms with E-state index in [1.54, 1.807) is 0 Å². The van der Waals surface area contributed by atoms with Crippen molar-refractivity contribution in [2.45, 2.75) is 24.9 Å². The lowest BCUT2D eigenvalue weighted by Gasteiger charge is -2.39. The van der Waals surface area contributed by atoms with Crippen molar-refractivity contribution in [3.8, 4) is 0 Å². The highest BCUT2D eigenvalue weighted by atomic mass is 16.2. The van der Waals surface area contributed by atoms with E-state index < -0.39 is 0 Å². The Morgan fingerprint density at radius 1 is 1.12 bits per heavy atom. The zero-order valence-electron chi connectivity index (χ0n) is 10.2. The van der Waals surface area contributed by atoms with E-state index in [4.69, 9.17) is 0 Å². The smallest absolute Gasteiger partial charge is 0.254 e. The fourth-order valence-corrected chi connectivity index (χ4v) is 3.18. The van der Waals surface area contributed by atoms with E-state index in [1.165, 1.54) is 0 Å². The highest BCUT2D eigenvalue weighted by Crippen LogP contribution is 2.30. The van der Waals surface area contributed by atoms with Gasteiger partial charge in [-0.3, -0.25) is 4.79 Å². The van der Waals surface area contributed by atoms with Crippen LogP contribution in [0.3, 0.4) is 0 Å². The Labute approximate surface area is 102 Å². The first-order chi connectivity index (χ1) is 8.25. The van der Waals surface area contributed by atoms with E-state index >= 15 is 0 Å². The van der Waals surface area contributed by atoms with Gasteiger partial charge in [0, 0.05) is 30.7 Å². The summed E-state index contributed by atoms with van der Waals surface area (Å²) in [6.07, 6.45) is 2.32. The predicted molar refractivity (Wildman–Crippen MR) is 66.9 cm³/mol. The van der Waals surface area contributed by atoms with Gasteiger partial charge in [-0.25, -0.2) is 0 Å². The molecule has 2 aliphatic rings. The van der Waals surface area contributed by atoms with Gasteiger partial charge in [0.25, 0.3) is 5.91 Å². The number of benzene rings is 1. The number of carbonyl (C=O) groups excluding carboxylic acids is 1. The molecule has 2 unspecified atom stereocenters. The Hall–Kier alpha value is -1.35. The molecule has 90 valence electrons. The minimum atomic E-state index is 0.214. The van der Waals surface area contributed by atoms with Crippen molar-refractivity contribution in [2.75, 3.05) is 20.1 Å². The topological polar surface area (TPSA) is 23.6 Å². The number of rotatable bonds is 1. The first kappa shape index (κ1) is 10.8. The van der Waals surface area contributed by atoms with Crippen LogP contribution in [-0.2, 0) is 0 Å². The van der Waals surface area contributed by atoms with Gasteiger partial charge in [-0.2, -0.15) is 0 Å². The molecule has 1 amide bonds. The molecule has 0 aromatic heterocycles. The quantitative estimate of drug-likeness (QED) is 0.731. The van der Waals surface area contributed by atoms with Crippen LogP contribution >= 0.6 is 0 Å². The summed E-state index contributed by atoms with van der Waals surface area (Å²) in [5.74, 6) is 0.214. The van der Waals surface area contributed by atoms with E-state index in [-0.39, 0.29) is 5.91 Å². The van der Waals surface area contributed by atoms with E-state index in [1.807, 2.05) is 30.3 Å². The van der Waals surface area contributed by atoms with Crippen LogP contribution in [0.1, 0.15) is 23.2 Å². The van der Waals surface area contributed by atoms with E-state index in [2.05, 4.69) is 16.8 Å². The van der Waals surface area contributed by atoms with Crippen molar-refractivity contribution in [1.29, 1.82) is 0 Å². The normalized spacial score (nSPS) is 28.4. The summed E-state index contributed by atoms with van der Waals surface area (Å²) >= 11 is 0. The number of hydrogen-bond acceptors (Lipinski definition) is 2. The minimum absolute atomic E-state index is 0.214. The van der Waals surface area contributed by atoms with Crippen LogP contribution in [0.2, 0.25) is 0 Å². The van der Waals surface area contributed by atoms with Crippen LogP contribution in [-0.4, -0.2) is 47.9 Å². The molecule has 3 nitrogen and oxygen atoms in total. The number of likely N-dealkylation sites (tertiary alicyclic amines) is 1. The van der Waals surface area contributed by atoms with Crippen molar-refractivity contribution in [2.24, 2.45) is 0 Å². The second-order valence-electron chi connectivity index (χ2n) is 5.18. The molecule has 0 spiro atoms. The Kier molecular flexibility index (Phi) is 2.63. The van der Waals surface area contributed by atoms with Crippen LogP contribution in [0.5, 0.6) is 0 Å². The SMILES string of the molecule is CN1CC2CCC(C1)N2C(=O)c1ccccc1. The van der Waals surface area contributed by atoms with Crippen molar-refractivity contribution in [3.63, 3.8) is 0 Å². The van der Waals surface area contributed by atoms with Gasteiger partial charge in [0.2, 0.25) is 0 Å². The van der Waals surface area contributed by atoms with Gasteiger partial charge in [-0.1, -0.05) is 18.2 Å². The van der Waals surface area contributed by atoms with Crippen molar-refractivity contribution < 1.29 is 4.79 Å². The van der Waals surface area contributed by atoms with Crippen molar-refractivity contribution >= 4 is 5.91 Å². The summed E-state index contributed by atoms with van der Waals surface area (Å²) in [6.45, 7) is 2.05. The Bertz CT molecular complexity index is 403. The fourth-order valence-electron chi connectivity index (χ4n) is 3.18. The molecule has 2 fully saturated rings. The maximum absolute atomic E-state index is 12.5. The molecule has 2 saturated heterocycles. The molecule has 3 rings (SSSR count). The zero-order valence-corrected chi connectivity index (χ0v) is 10.2. The Balaban J connectivity index is 1.84. The monoisotopic (exact) mass is 230 g/mol. The van der Waals surface area contributed by atoms with Gasteiger partial charge in [-0.05, 0) is 32.0 Å². The number of piperazine rings is 1. The molecule has 2 aliphatic heterocycles. The maximum atomic E-state index is 12.5. The molecular weight excluding hydrogens is 212 g/mol. The Morgan fingerprint density at radius 3 is 2.29 bits per heavy atom. The molecule has 0 saturated carbocycles. The molecule has 3 heteroatoms. The lowest BCUT2D eigenvalue weighted by molar-refractivity contribution is 0.0473. The summed E-state index contributed by atoms with van der Waals surface area (Å²) in [5.41, 5.74) is 0.828. The summed E-state index contributed by atoms with van der Waals surface area (Å²) < 4.78 is 0. The average molecular weight is 230 g/mol. The van der Waals surface area contributed by atoms with E-state index in [9.17, 15) is 4.79 Å². The minimum Gasteiger partial charge on any atom is -0.330 e. The average Bonchev–Trinajstić information content (AvgIpc) is 2.62. The van der Waals surface area contributed by atoms with Crippen molar-refractivity contribution in [1.82, 2.24) is 9.80 Å². The van der Waals surface area contributed by atoms with Crippen LogP contribution in [0, 0.1) is 0 Å². The fraction of sp³-hybridized carbons (Fsp3) is 0.500. The molecule has 0 aliphatic carbocycles. The first-order valence-electron chi connectivity index (χ1n) is 6.32. The second kappa shape index (κ2) is 4.15. The van der Waals surface area contributed by atoms with Crippen LogP contribution < -0.4 is 0 Å². The number of amides is 1. The Morgan fingerprint density at radius 2 is 1.71 bits per heavy atom. The van der Waals surface area contributed by atoms with E-state index in [0.29, 0.717) is 12.1 Å². The number of fused-ring (bicyclic) bond motifs is 2. The van der Waals surface area contributed by atoms with Crippen LogP contribution in [0.4, 0.5) is 0 Å². The molecule has 17 heavy (non-hydrogen) atoms. The molecule has 2 heterocycles. The number of likely N-dealkylation sites (N-methyl/N-ethyl adjacent to an activating group) is 1. The summed E-state index contributed by atoms with van der Waals surface area (Å²) in [6, 6.07) is 10.5. The standard InChI is InChI=1S/C14H18N2O/c1-15-9-12-7-8-13(10-15)16(12)14(17)11-5-3-2-4-6-11/h2-6,12-13H,7-10H2,1H3. The van der Waals surface area contributed by atoms with Crippen molar-refractivity contribution in [3.05, 3.63) is 35.9 Å². The van der Waals surface area contributed by atoms with Gasteiger partial charge in [0.15, 0.2) is 0 Å². The number of nitrogens with zero attached hydrogens (tertiary/aromatic N) is 2. The lowest BCUT2D eigenvalue weighted by atomic mass is 10.1. The second-order valence-corrected chi connectivity index (χ2v) is 5.18. The van der Waals surface area contributed by atoms with Crippen LogP contribution in [0.25, 0.3) is 0 Å². The van der Waals surface area contributed by atoms with Crippen LogP contribution in [0.15, 0.2) is 30.3 Å². The number of hydrogen-bond donors (Lipinski definition) is 0. The van der Waals surface area contributed by atoms with E-state index in [0.717, 1.165) is 31.5 Å². The lowest BCUT2D eigenvalue weighted by Crippen LogP contribution is -2.54. The van der Waals surface area contributed by atoms with Gasteiger partial charge >= 0.3 is 0 Å². The maximum Gasteiger partial charge on any atom is 0.254 e. The van der Waals surface area contributed by atoms with Gasteiger partial charge in [0.05, 0.1) is 0 Å². The molecule has 1 aromatic carbocycles. The molecular formula is C14H18N2O. The molecule has 1 aromatic rings. The third kappa shape index (κ3) is 1.84. The molecule has 2 bridgehead atoms. The molecule has 0 N–H and O–H groups in total. The third-order valence-corrected chi connectivity index (χ3v) is 3.92. The summed E-state index contributed by atoms with van der Waals surface area (Å²) in [4.78, 5) is 16.9. The third-order valence-electron chi connectivity index (χ3n) is 3.92. The van der Waals surface area contributed by atoms with Gasteiger partial charge < -0.3 is 9.80 Å².